The SMILES string of the molecule is N#Cc1cccc(CNC(=O)NCc2ccc3c(c2)OCCO3)c1. The molecule has 24 heavy (non-hydrogen) atoms. The molecule has 2 aromatic carbocycles. The van der Waals surface area contributed by atoms with Crippen molar-refractivity contribution < 1.29 is 14.3 Å². The Bertz CT molecular complexity index is 783. The summed E-state index contributed by atoms with van der Waals surface area (Å²) in [6.45, 7) is 1.84. The molecule has 0 fully saturated rings. The third-order valence-electron chi connectivity index (χ3n) is 3.57. The van der Waals surface area contributed by atoms with Gasteiger partial charge in [-0.1, -0.05) is 18.2 Å². The second kappa shape index (κ2) is 7.38. The van der Waals surface area contributed by atoms with Crippen molar-refractivity contribution in [3.8, 4) is 17.6 Å². The number of ether oxygens (including phenoxy) is 2. The molecule has 0 spiro atoms. The van der Waals surface area contributed by atoms with Gasteiger partial charge in [-0.05, 0) is 35.4 Å². The molecule has 0 saturated heterocycles. The van der Waals surface area contributed by atoms with E-state index < -0.39 is 0 Å². The van der Waals surface area contributed by atoms with E-state index in [1.54, 1.807) is 18.2 Å². The topological polar surface area (TPSA) is 83.4 Å². The Balaban J connectivity index is 1.49. The molecule has 6 nitrogen and oxygen atoms in total. The van der Waals surface area contributed by atoms with Gasteiger partial charge in [-0.3, -0.25) is 0 Å². The fourth-order valence-electron chi connectivity index (χ4n) is 2.38. The minimum atomic E-state index is -0.271. The summed E-state index contributed by atoms with van der Waals surface area (Å²) in [4.78, 5) is 11.9. The van der Waals surface area contributed by atoms with Crippen molar-refractivity contribution in [2.24, 2.45) is 0 Å². The summed E-state index contributed by atoms with van der Waals surface area (Å²) in [6.07, 6.45) is 0. The number of urea groups is 1. The van der Waals surface area contributed by atoms with Gasteiger partial charge >= 0.3 is 6.03 Å². The van der Waals surface area contributed by atoms with E-state index in [1.807, 2.05) is 24.3 Å². The average molecular weight is 323 g/mol. The van der Waals surface area contributed by atoms with E-state index in [9.17, 15) is 4.79 Å². The Morgan fingerprint density at radius 1 is 1.00 bits per heavy atom. The number of nitrogens with zero attached hydrogens (tertiary/aromatic N) is 1. The molecule has 1 aliphatic rings. The highest BCUT2D eigenvalue weighted by molar-refractivity contribution is 5.73. The standard InChI is InChI=1S/C18H17N3O3/c19-10-13-2-1-3-14(8-13)11-20-18(22)21-12-15-4-5-16-17(9-15)24-7-6-23-16/h1-5,8-9H,6-7,11-12H2,(H2,20,21,22). The number of hydrogen-bond donors (Lipinski definition) is 2. The Labute approximate surface area is 140 Å². The monoisotopic (exact) mass is 323 g/mol. The molecular formula is C18H17N3O3. The third kappa shape index (κ3) is 3.96. The molecule has 0 bridgehead atoms. The molecule has 0 saturated carbocycles. The number of fused-ring (bicyclic) bond motifs is 1. The first-order chi connectivity index (χ1) is 11.7. The second-order valence-corrected chi connectivity index (χ2v) is 5.33. The van der Waals surface area contributed by atoms with E-state index in [2.05, 4.69) is 16.7 Å². The maximum atomic E-state index is 11.9. The highest BCUT2D eigenvalue weighted by atomic mass is 16.6. The van der Waals surface area contributed by atoms with Crippen LogP contribution in [0.3, 0.4) is 0 Å². The molecule has 2 aromatic rings. The Kier molecular flexibility index (Phi) is 4.82. The molecule has 0 aliphatic carbocycles. The van der Waals surface area contributed by atoms with Gasteiger partial charge in [0.25, 0.3) is 0 Å². The van der Waals surface area contributed by atoms with Crippen LogP contribution in [0.2, 0.25) is 0 Å². The molecule has 0 unspecified atom stereocenters. The number of nitriles is 1. The molecule has 2 N–H and O–H groups in total. The first kappa shape index (κ1) is 15.7. The number of amides is 2. The molecule has 6 heteroatoms. The van der Waals surface area contributed by atoms with Gasteiger partial charge in [0, 0.05) is 13.1 Å². The summed E-state index contributed by atoms with van der Waals surface area (Å²) in [5.41, 5.74) is 2.38. The van der Waals surface area contributed by atoms with Crippen molar-refractivity contribution in [1.29, 1.82) is 5.26 Å². The van der Waals surface area contributed by atoms with Gasteiger partial charge in [0.1, 0.15) is 13.2 Å². The van der Waals surface area contributed by atoms with Gasteiger partial charge in [0.15, 0.2) is 11.5 Å². The van der Waals surface area contributed by atoms with Crippen LogP contribution in [0.4, 0.5) is 4.79 Å². The van der Waals surface area contributed by atoms with Crippen LogP contribution < -0.4 is 20.1 Å². The number of carbonyl (C=O) groups is 1. The van der Waals surface area contributed by atoms with E-state index >= 15 is 0 Å². The maximum Gasteiger partial charge on any atom is 0.315 e. The summed E-state index contributed by atoms with van der Waals surface area (Å²) in [5.74, 6) is 1.43. The van der Waals surface area contributed by atoms with Gasteiger partial charge < -0.3 is 20.1 Å². The van der Waals surface area contributed by atoms with E-state index in [4.69, 9.17) is 14.7 Å². The van der Waals surface area contributed by atoms with Crippen molar-refractivity contribution in [2.45, 2.75) is 13.1 Å². The smallest absolute Gasteiger partial charge is 0.315 e. The summed E-state index contributed by atoms with van der Waals surface area (Å²) in [7, 11) is 0. The predicted octanol–water partition coefficient (Wildman–Crippen LogP) is 2.33. The number of benzene rings is 2. The lowest BCUT2D eigenvalue weighted by Gasteiger charge is -2.19. The average Bonchev–Trinajstić information content (AvgIpc) is 2.64. The molecule has 1 heterocycles. The van der Waals surface area contributed by atoms with Gasteiger partial charge in [-0.2, -0.15) is 5.26 Å². The number of rotatable bonds is 4. The molecule has 122 valence electrons. The van der Waals surface area contributed by atoms with Crippen LogP contribution in [0.5, 0.6) is 11.5 Å². The van der Waals surface area contributed by atoms with Crippen LogP contribution in [0.1, 0.15) is 16.7 Å². The molecule has 0 radical (unpaired) electrons. The first-order valence-corrected chi connectivity index (χ1v) is 7.64. The molecule has 0 atom stereocenters. The van der Waals surface area contributed by atoms with E-state index in [1.165, 1.54) is 0 Å². The highest BCUT2D eigenvalue weighted by Crippen LogP contribution is 2.30. The number of hydrogen-bond acceptors (Lipinski definition) is 4. The Morgan fingerprint density at radius 2 is 1.71 bits per heavy atom. The largest absolute Gasteiger partial charge is 0.486 e. The molecule has 2 amide bonds. The quantitative estimate of drug-likeness (QED) is 0.904. The summed E-state index contributed by atoms with van der Waals surface area (Å²) >= 11 is 0. The predicted molar refractivity (Wildman–Crippen MR) is 87.7 cm³/mol. The molecule has 3 rings (SSSR count). The van der Waals surface area contributed by atoms with Crippen LogP contribution in [-0.4, -0.2) is 19.2 Å². The summed E-state index contributed by atoms with van der Waals surface area (Å²) in [5, 5.41) is 14.4. The lowest BCUT2D eigenvalue weighted by Crippen LogP contribution is -2.34. The normalized spacial score (nSPS) is 12.1. The molecular weight excluding hydrogens is 306 g/mol. The van der Waals surface area contributed by atoms with Gasteiger partial charge in [-0.25, -0.2) is 4.79 Å². The zero-order valence-corrected chi connectivity index (χ0v) is 13.0. The Morgan fingerprint density at radius 3 is 2.46 bits per heavy atom. The van der Waals surface area contributed by atoms with E-state index in [0.717, 1.165) is 16.9 Å². The molecule has 0 aromatic heterocycles. The lowest BCUT2D eigenvalue weighted by molar-refractivity contribution is 0.171. The summed E-state index contributed by atoms with van der Waals surface area (Å²) in [6, 6.07) is 14.5. The zero-order valence-electron chi connectivity index (χ0n) is 13.0. The number of carbonyl (C=O) groups excluding carboxylic acids is 1. The molecule has 1 aliphatic heterocycles. The van der Waals surface area contributed by atoms with Crippen LogP contribution >= 0.6 is 0 Å². The van der Waals surface area contributed by atoms with Crippen molar-refractivity contribution in [3.05, 3.63) is 59.2 Å². The van der Waals surface area contributed by atoms with Gasteiger partial charge in [0.05, 0.1) is 11.6 Å². The third-order valence-corrected chi connectivity index (χ3v) is 3.57. The van der Waals surface area contributed by atoms with E-state index in [-0.39, 0.29) is 6.03 Å². The van der Waals surface area contributed by atoms with Crippen LogP contribution in [-0.2, 0) is 13.1 Å². The van der Waals surface area contributed by atoms with Crippen LogP contribution in [0.25, 0.3) is 0 Å². The van der Waals surface area contributed by atoms with E-state index in [0.29, 0.717) is 37.6 Å². The van der Waals surface area contributed by atoms with Crippen LogP contribution in [0.15, 0.2) is 42.5 Å². The van der Waals surface area contributed by atoms with Crippen LogP contribution in [0, 0.1) is 11.3 Å². The van der Waals surface area contributed by atoms with Gasteiger partial charge in [-0.15, -0.1) is 0 Å². The van der Waals surface area contributed by atoms with Crippen molar-refractivity contribution in [3.63, 3.8) is 0 Å². The fraction of sp³-hybridized carbons (Fsp3) is 0.222. The maximum absolute atomic E-state index is 11.9. The lowest BCUT2D eigenvalue weighted by atomic mass is 10.1. The Hall–Kier alpha value is -3.20. The highest BCUT2D eigenvalue weighted by Gasteiger charge is 2.11. The van der Waals surface area contributed by atoms with Crippen molar-refractivity contribution in [2.75, 3.05) is 13.2 Å². The fourth-order valence-corrected chi connectivity index (χ4v) is 2.38. The number of nitrogens with one attached hydrogen (secondary N) is 2. The second-order valence-electron chi connectivity index (χ2n) is 5.33. The van der Waals surface area contributed by atoms with Crippen molar-refractivity contribution >= 4 is 6.03 Å². The zero-order chi connectivity index (χ0) is 16.8. The minimum absolute atomic E-state index is 0.271. The summed E-state index contributed by atoms with van der Waals surface area (Å²) < 4.78 is 11.0. The minimum Gasteiger partial charge on any atom is -0.486 e. The first-order valence-electron chi connectivity index (χ1n) is 7.64. The van der Waals surface area contributed by atoms with Gasteiger partial charge in [0.2, 0.25) is 0 Å². The van der Waals surface area contributed by atoms with Crippen molar-refractivity contribution in [1.82, 2.24) is 10.6 Å².